The van der Waals surface area contributed by atoms with Crippen molar-refractivity contribution in [3.8, 4) is 11.4 Å². The number of guanidine groups is 1. The Kier molecular flexibility index (Phi) is 7.75. The van der Waals surface area contributed by atoms with Gasteiger partial charge in [-0.05, 0) is 24.3 Å². The fourth-order valence-electron chi connectivity index (χ4n) is 2.46. The molecule has 0 saturated carbocycles. The quantitative estimate of drug-likeness (QED) is 0.251. The Balaban J connectivity index is 1.39. The summed E-state index contributed by atoms with van der Waals surface area (Å²) < 4.78 is 5.31. The molecule has 1 aromatic heterocycles. The number of benzene rings is 2. The molecule has 3 rings (SSSR count). The van der Waals surface area contributed by atoms with Crippen molar-refractivity contribution in [2.45, 2.75) is 11.3 Å². The summed E-state index contributed by atoms with van der Waals surface area (Å²) in [6.07, 6.45) is 0.604. The predicted octanol–water partition coefficient (Wildman–Crippen LogP) is 3.89. The second-order valence-electron chi connectivity index (χ2n) is 5.86. The van der Waals surface area contributed by atoms with Crippen LogP contribution in [0.5, 0.6) is 0 Å². The van der Waals surface area contributed by atoms with Crippen molar-refractivity contribution >= 4 is 29.3 Å². The molecule has 3 aromatic rings. The summed E-state index contributed by atoms with van der Waals surface area (Å²) in [7, 11) is 1.75. The number of aliphatic imine (C=N–C) groups is 1. The van der Waals surface area contributed by atoms with Gasteiger partial charge in [-0.2, -0.15) is 4.98 Å². The van der Waals surface area contributed by atoms with Crippen molar-refractivity contribution in [3.05, 3.63) is 65.5 Å². The van der Waals surface area contributed by atoms with Crippen LogP contribution in [-0.4, -0.2) is 42.0 Å². The lowest BCUT2D eigenvalue weighted by Crippen LogP contribution is -2.39. The van der Waals surface area contributed by atoms with Gasteiger partial charge in [-0.1, -0.05) is 47.1 Å². The maximum absolute atomic E-state index is 6.01. The van der Waals surface area contributed by atoms with Crippen molar-refractivity contribution in [2.24, 2.45) is 4.99 Å². The van der Waals surface area contributed by atoms with Crippen molar-refractivity contribution in [2.75, 3.05) is 25.9 Å². The maximum atomic E-state index is 6.01. The number of nitrogens with one attached hydrogen (secondary N) is 2. The SMILES string of the molecule is CN=C(NCCSc1ccccc1)NCCc1nc(-c2cccc(Cl)c2)no1. The minimum Gasteiger partial charge on any atom is -0.356 e. The maximum Gasteiger partial charge on any atom is 0.228 e. The van der Waals surface area contributed by atoms with Gasteiger partial charge in [0.1, 0.15) is 0 Å². The number of hydrogen-bond donors (Lipinski definition) is 2. The van der Waals surface area contributed by atoms with E-state index in [1.807, 2.05) is 54.2 Å². The molecule has 0 aliphatic rings. The molecule has 0 fully saturated rings. The van der Waals surface area contributed by atoms with Crippen LogP contribution in [0.2, 0.25) is 5.02 Å². The van der Waals surface area contributed by atoms with Crippen LogP contribution in [0.4, 0.5) is 0 Å². The van der Waals surface area contributed by atoms with Gasteiger partial charge < -0.3 is 15.2 Å². The molecule has 8 heteroatoms. The van der Waals surface area contributed by atoms with E-state index < -0.39 is 0 Å². The molecule has 6 nitrogen and oxygen atoms in total. The first-order valence-corrected chi connectivity index (χ1v) is 10.3. The summed E-state index contributed by atoms with van der Waals surface area (Å²) >= 11 is 7.81. The number of rotatable bonds is 8. The van der Waals surface area contributed by atoms with Crippen LogP contribution in [-0.2, 0) is 6.42 Å². The van der Waals surface area contributed by atoms with E-state index >= 15 is 0 Å². The van der Waals surface area contributed by atoms with Gasteiger partial charge in [0, 0.05) is 47.8 Å². The van der Waals surface area contributed by atoms with Crippen LogP contribution in [0.1, 0.15) is 5.89 Å². The Labute approximate surface area is 173 Å². The summed E-state index contributed by atoms with van der Waals surface area (Å²) in [6, 6.07) is 17.7. The summed E-state index contributed by atoms with van der Waals surface area (Å²) in [5.74, 6) is 2.82. The second-order valence-corrected chi connectivity index (χ2v) is 7.46. The van der Waals surface area contributed by atoms with E-state index in [0.717, 1.165) is 23.8 Å². The lowest BCUT2D eigenvalue weighted by Gasteiger charge is -2.10. The Morgan fingerprint density at radius 3 is 2.71 bits per heavy atom. The minimum absolute atomic E-state index is 0.540. The molecule has 0 spiro atoms. The van der Waals surface area contributed by atoms with Gasteiger partial charge in [0.15, 0.2) is 5.96 Å². The molecule has 28 heavy (non-hydrogen) atoms. The van der Waals surface area contributed by atoms with Gasteiger partial charge in [-0.3, -0.25) is 4.99 Å². The molecule has 1 heterocycles. The van der Waals surface area contributed by atoms with Gasteiger partial charge >= 0.3 is 0 Å². The molecule has 2 N–H and O–H groups in total. The third kappa shape index (κ3) is 6.28. The second kappa shape index (κ2) is 10.7. The monoisotopic (exact) mass is 415 g/mol. The molecule has 0 aliphatic heterocycles. The molecule has 0 atom stereocenters. The van der Waals surface area contributed by atoms with E-state index in [9.17, 15) is 0 Å². The Hall–Kier alpha value is -2.51. The number of aromatic nitrogens is 2. The molecular weight excluding hydrogens is 394 g/mol. The van der Waals surface area contributed by atoms with Gasteiger partial charge in [0.25, 0.3) is 0 Å². The van der Waals surface area contributed by atoms with Gasteiger partial charge in [0.2, 0.25) is 11.7 Å². The number of nitrogens with zero attached hydrogens (tertiary/aromatic N) is 3. The zero-order valence-corrected chi connectivity index (χ0v) is 17.1. The van der Waals surface area contributed by atoms with Crippen molar-refractivity contribution in [1.82, 2.24) is 20.8 Å². The van der Waals surface area contributed by atoms with Crippen LogP contribution >= 0.6 is 23.4 Å². The minimum atomic E-state index is 0.540. The standard InChI is InChI=1S/C20H22ClN5OS/c1-22-20(24-12-13-28-17-8-3-2-4-9-17)23-11-10-18-25-19(26-27-18)15-6-5-7-16(21)14-15/h2-9,14H,10-13H2,1H3,(H2,22,23,24). The molecule has 2 aromatic carbocycles. The Morgan fingerprint density at radius 1 is 1.11 bits per heavy atom. The zero-order valence-electron chi connectivity index (χ0n) is 15.6. The van der Waals surface area contributed by atoms with Crippen LogP contribution in [0.25, 0.3) is 11.4 Å². The first-order valence-electron chi connectivity index (χ1n) is 8.95. The predicted molar refractivity (Wildman–Crippen MR) is 115 cm³/mol. The van der Waals surface area contributed by atoms with E-state index in [4.69, 9.17) is 16.1 Å². The van der Waals surface area contributed by atoms with Crippen molar-refractivity contribution in [3.63, 3.8) is 0 Å². The fourth-order valence-corrected chi connectivity index (χ4v) is 3.44. The Morgan fingerprint density at radius 2 is 1.93 bits per heavy atom. The van der Waals surface area contributed by atoms with Crippen LogP contribution in [0.3, 0.4) is 0 Å². The number of halogens is 1. The first-order chi connectivity index (χ1) is 13.7. The average Bonchev–Trinajstić information content (AvgIpc) is 3.19. The van der Waals surface area contributed by atoms with E-state index in [0.29, 0.717) is 29.7 Å². The lowest BCUT2D eigenvalue weighted by molar-refractivity contribution is 0.378. The van der Waals surface area contributed by atoms with E-state index in [2.05, 4.69) is 37.9 Å². The topological polar surface area (TPSA) is 75.3 Å². The largest absolute Gasteiger partial charge is 0.356 e. The van der Waals surface area contributed by atoms with Crippen LogP contribution in [0.15, 0.2) is 69.0 Å². The molecule has 146 valence electrons. The van der Waals surface area contributed by atoms with Crippen LogP contribution < -0.4 is 10.6 Å². The number of hydrogen-bond acceptors (Lipinski definition) is 5. The van der Waals surface area contributed by atoms with E-state index in [1.54, 1.807) is 7.05 Å². The first kappa shape index (κ1) is 20.2. The van der Waals surface area contributed by atoms with Crippen LogP contribution in [0, 0.1) is 0 Å². The highest BCUT2D eigenvalue weighted by molar-refractivity contribution is 7.99. The third-order valence-electron chi connectivity index (χ3n) is 3.81. The van der Waals surface area contributed by atoms with Crippen molar-refractivity contribution in [1.29, 1.82) is 0 Å². The average molecular weight is 416 g/mol. The summed E-state index contributed by atoms with van der Waals surface area (Å²) in [5, 5.41) is 11.2. The van der Waals surface area contributed by atoms with Gasteiger partial charge in [-0.15, -0.1) is 11.8 Å². The van der Waals surface area contributed by atoms with Gasteiger partial charge in [0.05, 0.1) is 0 Å². The molecule has 0 radical (unpaired) electrons. The normalized spacial score (nSPS) is 11.4. The lowest BCUT2D eigenvalue weighted by atomic mass is 10.2. The third-order valence-corrected chi connectivity index (χ3v) is 5.06. The number of thioether (sulfide) groups is 1. The molecule has 0 aliphatic carbocycles. The summed E-state index contributed by atoms with van der Waals surface area (Å²) in [6.45, 7) is 1.46. The molecule has 0 unspecified atom stereocenters. The Bertz CT molecular complexity index is 900. The van der Waals surface area contributed by atoms with Gasteiger partial charge in [-0.25, -0.2) is 0 Å². The highest BCUT2D eigenvalue weighted by atomic mass is 35.5. The molecule has 0 amide bonds. The van der Waals surface area contributed by atoms with E-state index in [-0.39, 0.29) is 0 Å². The molecule has 0 bridgehead atoms. The van der Waals surface area contributed by atoms with E-state index in [1.165, 1.54) is 4.90 Å². The highest BCUT2D eigenvalue weighted by Gasteiger charge is 2.09. The molecular formula is C20H22ClN5OS. The molecule has 0 saturated heterocycles. The zero-order chi connectivity index (χ0) is 19.6. The van der Waals surface area contributed by atoms with Crippen molar-refractivity contribution < 1.29 is 4.52 Å². The summed E-state index contributed by atoms with van der Waals surface area (Å²) in [4.78, 5) is 9.91. The summed E-state index contributed by atoms with van der Waals surface area (Å²) in [5.41, 5.74) is 0.837. The highest BCUT2D eigenvalue weighted by Crippen LogP contribution is 2.20. The smallest absolute Gasteiger partial charge is 0.228 e. The fraction of sp³-hybridized carbons (Fsp3) is 0.250.